The fourth-order valence-corrected chi connectivity index (χ4v) is 0.291. The lowest BCUT2D eigenvalue weighted by Crippen LogP contribution is -2.29. The Hall–Kier alpha value is -0.160. The van der Waals surface area contributed by atoms with Crippen LogP contribution >= 0.6 is 0 Å². The second-order valence-electron chi connectivity index (χ2n) is 0.984. The van der Waals surface area contributed by atoms with Gasteiger partial charge in [-0.3, -0.25) is 0 Å². The zero-order valence-electron chi connectivity index (χ0n) is 3.14. The molecule has 1 aliphatic heterocycles. The Morgan fingerprint density at radius 2 is 2.67 bits per heavy atom. The molecule has 3 N–H and O–H groups in total. The third-order valence-corrected chi connectivity index (χ3v) is 0.539. The Balaban J connectivity index is 2.18. The lowest BCUT2D eigenvalue weighted by molar-refractivity contribution is -0.0719. The molecule has 0 aromatic carbocycles. The highest BCUT2D eigenvalue weighted by Crippen LogP contribution is 1.81. The van der Waals surface area contributed by atoms with Gasteiger partial charge >= 0.3 is 0 Å². The van der Waals surface area contributed by atoms with Crippen molar-refractivity contribution in [2.24, 2.45) is 0 Å². The van der Waals surface area contributed by atoms with E-state index >= 15 is 0 Å². The summed E-state index contributed by atoms with van der Waals surface area (Å²) in [6.07, 6.45) is -0.815. The van der Waals surface area contributed by atoms with Crippen molar-refractivity contribution in [1.29, 1.82) is 0 Å². The maximum Gasteiger partial charge on any atom is 0.227 e. The van der Waals surface area contributed by atoms with Crippen LogP contribution in [0.25, 0.3) is 0 Å². The molecule has 1 atom stereocenters. The van der Waals surface area contributed by atoms with Gasteiger partial charge in [-0.1, -0.05) is 0 Å². The molecule has 0 bridgehead atoms. The largest absolute Gasteiger partial charge is 0.355 e. The van der Waals surface area contributed by atoms with Gasteiger partial charge in [0.25, 0.3) is 0 Å². The van der Waals surface area contributed by atoms with E-state index in [9.17, 15) is 0 Å². The minimum atomic E-state index is -0.815. The van der Waals surface area contributed by atoms with Gasteiger partial charge in [0.2, 0.25) is 6.41 Å². The van der Waals surface area contributed by atoms with E-state index in [0.29, 0.717) is 6.73 Å². The van der Waals surface area contributed by atoms with Crippen LogP contribution in [0.15, 0.2) is 0 Å². The van der Waals surface area contributed by atoms with Gasteiger partial charge in [-0.2, -0.15) is 0 Å². The predicted molar refractivity (Wildman–Crippen MR) is 18.2 cm³/mol. The Morgan fingerprint density at radius 1 is 1.83 bits per heavy atom. The summed E-state index contributed by atoms with van der Waals surface area (Å²) in [6.45, 7) is 0.376. The van der Waals surface area contributed by atoms with Crippen LogP contribution in [-0.2, 0) is 4.74 Å². The molecule has 0 radical (unpaired) electrons. The molecular weight excluding hydrogens is 84.0 g/mol. The third-order valence-electron chi connectivity index (χ3n) is 0.539. The van der Waals surface area contributed by atoms with Crippen molar-refractivity contribution in [2.75, 3.05) is 6.73 Å². The Bertz CT molecular complexity index is 42.8. The second-order valence-corrected chi connectivity index (χ2v) is 0.984. The van der Waals surface area contributed by atoms with Crippen molar-refractivity contribution in [3.63, 3.8) is 0 Å². The van der Waals surface area contributed by atoms with Crippen LogP contribution in [0.3, 0.4) is 0 Å². The monoisotopic (exact) mass is 90.0 g/mol. The number of aliphatic hydroxyl groups excluding tert-OH is 1. The van der Waals surface area contributed by atoms with Crippen molar-refractivity contribution in [2.45, 2.75) is 6.41 Å². The minimum Gasteiger partial charge on any atom is -0.355 e. The first kappa shape index (κ1) is 4.01. The Kier molecular flexibility index (Phi) is 1.02. The number of nitrogens with one attached hydrogen (secondary N) is 2. The Morgan fingerprint density at radius 3 is 2.83 bits per heavy atom. The van der Waals surface area contributed by atoms with Gasteiger partial charge in [0.1, 0.15) is 6.73 Å². The first-order valence-corrected chi connectivity index (χ1v) is 1.67. The van der Waals surface area contributed by atoms with Gasteiger partial charge in [-0.05, 0) is 0 Å². The van der Waals surface area contributed by atoms with E-state index < -0.39 is 6.41 Å². The number of ether oxygens (including phenoxy) is 1. The van der Waals surface area contributed by atoms with E-state index in [0.717, 1.165) is 0 Å². The smallest absolute Gasteiger partial charge is 0.227 e. The molecule has 4 nitrogen and oxygen atoms in total. The molecule has 1 unspecified atom stereocenters. The predicted octanol–water partition coefficient (Wildman–Crippen LogP) is -1.66. The number of hydrogen-bond donors (Lipinski definition) is 3. The maximum atomic E-state index is 8.33. The molecule has 0 aliphatic carbocycles. The molecule has 0 aromatic rings. The highest BCUT2D eigenvalue weighted by molar-refractivity contribution is 4.36. The van der Waals surface area contributed by atoms with Gasteiger partial charge < -0.3 is 9.84 Å². The van der Waals surface area contributed by atoms with Crippen LogP contribution in [-0.4, -0.2) is 18.3 Å². The molecule has 1 rings (SSSR count). The summed E-state index contributed by atoms with van der Waals surface area (Å²) in [6, 6.07) is 0. The summed E-state index contributed by atoms with van der Waals surface area (Å²) < 4.78 is 4.49. The topological polar surface area (TPSA) is 53.5 Å². The molecule has 1 aliphatic rings. The molecule has 1 saturated heterocycles. The van der Waals surface area contributed by atoms with Crippen molar-refractivity contribution in [1.82, 2.24) is 10.9 Å². The zero-order chi connectivity index (χ0) is 4.41. The van der Waals surface area contributed by atoms with Crippen LogP contribution in [0.5, 0.6) is 0 Å². The van der Waals surface area contributed by atoms with Crippen molar-refractivity contribution >= 4 is 0 Å². The van der Waals surface area contributed by atoms with Gasteiger partial charge in [-0.25, -0.2) is 10.9 Å². The van der Waals surface area contributed by atoms with Crippen molar-refractivity contribution < 1.29 is 9.84 Å². The van der Waals surface area contributed by atoms with Crippen LogP contribution < -0.4 is 10.9 Å². The van der Waals surface area contributed by atoms with Crippen LogP contribution in [0.1, 0.15) is 0 Å². The minimum absolute atomic E-state index is 0.376. The molecule has 4 heteroatoms. The average molecular weight is 90.1 g/mol. The van der Waals surface area contributed by atoms with Gasteiger partial charge in [-0.15, -0.1) is 0 Å². The first-order chi connectivity index (χ1) is 2.89. The van der Waals surface area contributed by atoms with E-state index in [1.165, 1.54) is 0 Å². The summed E-state index contributed by atoms with van der Waals surface area (Å²) >= 11 is 0. The van der Waals surface area contributed by atoms with Crippen molar-refractivity contribution in [3.8, 4) is 0 Å². The van der Waals surface area contributed by atoms with Crippen LogP contribution in [0.2, 0.25) is 0 Å². The van der Waals surface area contributed by atoms with Gasteiger partial charge in [0.05, 0.1) is 0 Å². The SMILES string of the molecule is OC1NNCO1. The summed E-state index contributed by atoms with van der Waals surface area (Å²) in [5.74, 6) is 0. The van der Waals surface area contributed by atoms with E-state index in [-0.39, 0.29) is 0 Å². The molecule has 36 valence electrons. The molecule has 0 saturated carbocycles. The van der Waals surface area contributed by atoms with Crippen molar-refractivity contribution in [3.05, 3.63) is 0 Å². The molecule has 0 amide bonds. The molecule has 0 aromatic heterocycles. The number of hydrazine groups is 1. The Labute approximate surface area is 35.1 Å². The maximum absolute atomic E-state index is 8.33. The van der Waals surface area contributed by atoms with E-state index in [1.54, 1.807) is 0 Å². The molecule has 1 heterocycles. The second kappa shape index (κ2) is 1.53. The van der Waals surface area contributed by atoms with Crippen LogP contribution in [0, 0.1) is 0 Å². The summed E-state index contributed by atoms with van der Waals surface area (Å²) in [5.41, 5.74) is 4.95. The fraction of sp³-hybridized carbons (Fsp3) is 1.00. The van der Waals surface area contributed by atoms with Gasteiger partial charge in [0, 0.05) is 0 Å². The molecule has 6 heavy (non-hydrogen) atoms. The quantitative estimate of drug-likeness (QED) is 0.333. The van der Waals surface area contributed by atoms with E-state index in [2.05, 4.69) is 15.6 Å². The zero-order valence-corrected chi connectivity index (χ0v) is 3.14. The normalized spacial score (nSPS) is 34.5. The van der Waals surface area contributed by atoms with Gasteiger partial charge in [0.15, 0.2) is 0 Å². The molecule has 1 fully saturated rings. The summed E-state index contributed by atoms with van der Waals surface area (Å²) in [5, 5.41) is 8.33. The van der Waals surface area contributed by atoms with E-state index in [4.69, 9.17) is 5.11 Å². The number of aliphatic hydroxyl groups is 1. The average Bonchev–Trinajstić information content (AvgIpc) is 1.86. The molecule has 0 spiro atoms. The summed E-state index contributed by atoms with van der Waals surface area (Å²) in [7, 11) is 0. The number of hydrogen-bond acceptors (Lipinski definition) is 4. The standard InChI is InChI=1S/C2H6N2O2/c5-2-4-3-1-6-2/h2-5H,1H2. The highest BCUT2D eigenvalue weighted by Gasteiger charge is 2.06. The van der Waals surface area contributed by atoms with Crippen LogP contribution in [0.4, 0.5) is 0 Å². The lowest BCUT2D eigenvalue weighted by atomic mass is 11.2. The highest BCUT2D eigenvalue weighted by atomic mass is 16.6. The van der Waals surface area contributed by atoms with E-state index in [1.807, 2.05) is 0 Å². The number of rotatable bonds is 0. The first-order valence-electron chi connectivity index (χ1n) is 1.67. The summed E-state index contributed by atoms with van der Waals surface area (Å²) in [4.78, 5) is 0. The fourth-order valence-electron chi connectivity index (χ4n) is 0.291. The lowest BCUT2D eigenvalue weighted by Gasteiger charge is -1.93. The third kappa shape index (κ3) is 0.662. The molecular formula is C2H6N2O2.